The van der Waals surface area contributed by atoms with Crippen LogP contribution in [0.5, 0.6) is 5.75 Å². The quantitative estimate of drug-likeness (QED) is 0.796. The van der Waals surface area contributed by atoms with Gasteiger partial charge in [0, 0.05) is 32.2 Å². The van der Waals surface area contributed by atoms with Crippen LogP contribution in [0.2, 0.25) is 0 Å². The highest BCUT2D eigenvalue weighted by molar-refractivity contribution is 5.96. The molecule has 0 bridgehead atoms. The van der Waals surface area contributed by atoms with Crippen LogP contribution in [-0.4, -0.2) is 60.1 Å². The molecular formula is C15H22FN3O2. The fourth-order valence-corrected chi connectivity index (χ4v) is 2.51. The molecule has 1 fully saturated rings. The number of phenols is 1. The Balaban J connectivity index is 1.88. The van der Waals surface area contributed by atoms with Gasteiger partial charge in [-0.3, -0.25) is 9.69 Å². The number of carbonyl (C=O) groups is 1. The molecule has 1 amide bonds. The summed E-state index contributed by atoms with van der Waals surface area (Å²) in [6.07, 6.45) is 2.09. The predicted molar refractivity (Wildman–Crippen MR) is 78.7 cm³/mol. The van der Waals surface area contributed by atoms with Crippen molar-refractivity contribution >= 4 is 5.91 Å². The Labute approximate surface area is 124 Å². The van der Waals surface area contributed by atoms with E-state index in [1.54, 1.807) is 4.90 Å². The van der Waals surface area contributed by atoms with E-state index in [4.69, 9.17) is 5.73 Å². The molecule has 0 aromatic heterocycles. The number of rotatable bonds is 5. The molecule has 6 heteroatoms. The van der Waals surface area contributed by atoms with Crippen molar-refractivity contribution in [3.8, 4) is 5.75 Å². The highest BCUT2D eigenvalue weighted by Crippen LogP contribution is 2.20. The molecule has 5 nitrogen and oxygen atoms in total. The van der Waals surface area contributed by atoms with Gasteiger partial charge in [-0.1, -0.05) is 0 Å². The van der Waals surface area contributed by atoms with Crippen LogP contribution in [0, 0.1) is 5.82 Å². The third-order valence-electron chi connectivity index (χ3n) is 3.78. The molecule has 2 rings (SSSR count). The van der Waals surface area contributed by atoms with Crippen molar-refractivity contribution in [3.05, 3.63) is 29.6 Å². The predicted octanol–water partition coefficient (Wildman–Crippen LogP) is 1.03. The molecule has 1 heterocycles. The average Bonchev–Trinajstić information content (AvgIpc) is 2.48. The Morgan fingerprint density at radius 3 is 2.57 bits per heavy atom. The lowest BCUT2D eigenvalue weighted by Crippen LogP contribution is -2.48. The van der Waals surface area contributed by atoms with Crippen LogP contribution in [0.15, 0.2) is 18.2 Å². The molecule has 21 heavy (non-hydrogen) atoms. The van der Waals surface area contributed by atoms with Crippen molar-refractivity contribution in [2.24, 2.45) is 5.73 Å². The number of aromatic hydroxyl groups is 1. The summed E-state index contributed by atoms with van der Waals surface area (Å²) in [5.74, 6) is -1.09. The smallest absolute Gasteiger partial charge is 0.257 e. The summed E-state index contributed by atoms with van der Waals surface area (Å²) in [5.41, 5.74) is 5.63. The number of amides is 1. The Morgan fingerprint density at radius 2 is 1.95 bits per heavy atom. The van der Waals surface area contributed by atoms with Crippen LogP contribution >= 0.6 is 0 Å². The van der Waals surface area contributed by atoms with Crippen molar-refractivity contribution in [2.45, 2.75) is 12.8 Å². The molecule has 3 N–H and O–H groups in total. The zero-order chi connectivity index (χ0) is 15.2. The van der Waals surface area contributed by atoms with Crippen LogP contribution in [0.25, 0.3) is 0 Å². The van der Waals surface area contributed by atoms with E-state index in [9.17, 15) is 14.3 Å². The van der Waals surface area contributed by atoms with E-state index in [2.05, 4.69) is 4.90 Å². The summed E-state index contributed by atoms with van der Waals surface area (Å²) < 4.78 is 13.0. The van der Waals surface area contributed by atoms with Gasteiger partial charge in [0.2, 0.25) is 0 Å². The number of nitrogens with two attached hydrogens (primary N) is 1. The van der Waals surface area contributed by atoms with E-state index in [0.717, 1.165) is 38.5 Å². The highest BCUT2D eigenvalue weighted by atomic mass is 19.1. The van der Waals surface area contributed by atoms with Gasteiger partial charge in [-0.2, -0.15) is 0 Å². The molecule has 0 aliphatic carbocycles. The van der Waals surface area contributed by atoms with Gasteiger partial charge < -0.3 is 15.7 Å². The number of phenolic OH excluding ortho intramolecular Hbond substituents is 1. The monoisotopic (exact) mass is 295 g/mol. The van der Waals surface area contributed by atoms with E-state index in [1.165, 1.54) is 12.1 Å². The maximum Gasteiger partial charge on any atom is 0.257 e. The van der Waals surface area contributed by atoms with E-state index >= 15 is 0 Å². The van der Waals surface area contributed by atoms with E-state index in [0.29, 0.717) is 19.6 Å². The van der Waals surface area contributed by atoms with Crippen molar-refractivity contribution in [1.29, 1.82) is 0 Å². The van der Waals surface area contributed by atoms with Crippen LogP contribution in [-0.2, 0) is 0 Å². The van der Waals surface area contributed by atoms with Gasteiger partial charge in [-0.15, -0.1) is 0 Å². The number of piperazine rings is 1. The SMILES string of the molecule is NCCCCN1CCN(C(=O)c2ccc(F)cc2O)CC1. The fourth-order valence-electron chi connectivity index (χ4n) is 2.51. The van der Waals surface area contributed by atoms with Crippen molar-refractivity contribution in [3.63, 3.8) is 0 Å². The first-order valence-electron chi connectivity index (χ1n) is 7.32. The Kier molecular flexibility index (Phi) is 5.52. The summed E-state index contributed by atoms with van der Waals surface area (Å²) in [7, 11) is 0. The van der Waals surface area contributed by atoms with Crippen LogP contribution in [0.4, 0.5) is 4.39 Å². The summed E-state index contributed by atoms with van der Waals surface area (Å²) in [4.78, 5) is 16.3. The van der Waals surface area contributed by atoms with Gasteiger partial charge in [0.25, 0.3) is 5.91 Å². The van der Waals surface area contributed by atoms with Gasteiger partial charge >= 0.3 is 0 Å². The third-order valence-corrected chi connectivity index (χ3v) is 3.78. The number of unbranched alkanes of at least 4 members (excludes halogenated alkanes) is 1. The Hall–Kier alpha value is -1.66. The molecule has 0 spiro atoms. The second-order valence-electron chi connectivity index (χ2n) is 5.29. The zero-order valence-corrected chi connectivity index (χ0v) is 12.1. The van der Waals surface area contributed by atoms with E-state index < -0.39 is 5.82 Å². The maximum absolute atomic E-state index is 13.0. The molecule has 0 atom stereocenters. The Bertz CT molecular complexity index is 488. The molecule has 116 valence electrons. The van der Waals surface area contributed by atoms with Crippen LogP contribution < -0.4 is 5.73 Å². The number of hydrogen-bond donors (Lipinski definition) is 2. The Morgan fingerprint density at radius 1 is 1.24 bits per heavy atom. The molecular weight excluding hydrogens is 273 g/mol. The lowest BCUT2D eigenvalue weighted by atomic mass is 10.1. The van der Waals surface area contributed by atoms with Gasteiger partial charge in [0.05, 0.1) is 5.56 Å². The lowest BCUT2D eigenvalue weighted by Gasteiger charge is -2.34. The van der Waals surface area contributed by atoms with Gasteiger partial charge in [-0.05, 0) is 38.1 Å². The minimum Gasteiger partial charge on any atom is -0.507 e. The first-order valence-corrected chi connectivity index (χ1v) is 7.32. The second kappa shape index (κ2) is 7.38. The highest BCUT2D eigenvalue weighted by Gasteiger charge is 2.23. The summed E-state index contributed by atoms with van der Waals surface area (Å²) >= 11 is 0. The fraction of sp³-hybridized carbons (Fsp3) is 0.533. The van der Waals surface area contributed by atoms with Crippen molar-refractivity contribution < 1.29 is 14.3 Å². The van der Waals surface area contributed by atoms with Gasteiger partial charge in [0.1, 0.15) is 11.6 Å². The normalized spacial score (nSPS) is 16.2. The van der Waals surface area contributed by atoms with Gasteiger partial charge in [-0.25, -0.2) is 4.39 Å². The summed E-state index contributed by atoms with van der Waals surface area (Å²) in [6.45, 7) is 4.59. The van der Waals surface area contributed by atoms with E-state index in [-0.39, 0.29) is 17.2 Å². The van der Waals surface area contributed by atoms with Gasteiger partial charge in [0.15, 0.2) is 0 Å². The van der Waals surface area contributed by atoms with Crippen LogP contribution in [0.3, 0.4) is 0 Å². The number of hydrogen-bond acceptors (Lipinski definition) is 4. The molecule has 1 aliphatic heterocycles. The van der Waals surface area contributed by atoms with Crippen molar-refractivity contribution in [2.75, 3.05) is 39.3 Å². The molecule has 0 radical (unpaired) electrons. The lowest BCUT2D eigenvalue weighted by molar-refractivity contribution is 0.0632. The molecule has 1 aliphatic rings. The largest absolute Gasteiger partial charge is 0.507 e. The molecule has 1 aromatic carbocycles. The van der Waals surface area contributed by atoms with E-state index in [1.807, 2.05) is 0 Å². The van der Waals surface area contributed by atoms with Crippen molar-refractivity contribution in [1.82, 2.24) is 9.80 Å². The average molecular weight is 295 g/mol. The van der Waals surface area contributed by atoms with Crippen LogP contribution in [0.1, 0.15) is 23.2 Å². The summed E-state index contributed by atoms with van der Waals surface area (Å²) in [5, 5.41) is 9.68. The summed E-state index contributed by atoms with van der Waals surface area (Å²) in [6, 6.07) is 3.49. The first kappa shape index (κ1) is 15.7. The third kappa shape index (κ3) is 4.15. The standard InChI is InChI=1S/C15H22FN3O2/c16-12-3-4-13(14(20)11-12)15(21)19-9-7-18(8-10-19)6-2-1-5-17/h3-4,11,20H,1-2,5-10,17H2. The minimum atomic E-state index is -0.547. The minimum absolute atomic E-state index is 0.160. The maximum atomic E-state index is 13.0. The molecule has 0 unspecified atom stereocenters. The topological polar surface area (TPSA) is 69.8 Å². The number of carbonyl (C=O) groups excluding carboxylic acids is 1. The first-order chi connectivity index (χ1) is 10.1. The number of nitrogens with zero attached hydrogens (tertiary/aromatic N) is 2. The molecule has 1 aromatic rings. The molecule has 0 saturated carbocycles. The molecule has 1 saturated heterocycles. The second-order valence-corrected chi connectivity index (χ2v) is 5.29. The number of halogens is 1. The number of benzene rings is 1. The zero-order valence-electron chi connectivity index (χ0n) is 12.1.